The van der Waals surface area contributed by atoms with Crippen LogP contribution >= 0.6 is 0 Å². The number of hydrogen-bond acceptors (Lipinski definition) is 2. The third-order valence-corrected chi connectivity index (χ3v) is 4.33. The zero-order valence-corrected chi connectivity index (χ0v) is 11.6. The number of carbonyl (C=O) groups is 2. The fourth-order valence-corrected chi connectivity index (χ4v) is 3.05. The molecule has 19 heavy (non-hydrogen) atoms. The van der Waals surface area contributed by atoms with Crippen molar-refractivity contribution in [2.24, 2.45) is 11.8 Å². The van der Waals surface area contributed by atoms with Gasteiger partial charge in [-0.2, -0.15) is 0 Å². The van der Waals surface area contributed by atoms with E-state index >= 15 is 0 Å². The Hall–Kier alpha value is -1.26. The molecule has 108 valence electrons. The van der Waals surface area contributed by atoms with E-state index in [-0.39, 0.29) is 17.9 Å². The SMILES string of the molecule is CCN(C(=O)NCC1CCCCC1C(=O)O)C1CC1. The molecule has 0 aromatic rings. The van der Waals surface area contributed by atoms with Crippen molar-refractivity contribution in [2.75, 3.05) is 13.1 Å². The third kappa shape index (κ3) is 3.61. The minimum Gasteiger partial charge on any atom is -0.481 e. The first-order valence-electron chi connectivity index (χ1n) is 7.40. The Labute approximate surface area is 114 Å². The van der Waals surface area contributed by atoms with Gasteiger partial charge in [-0.15, -0.1) is 0 Å². The lowest BCUT2D eigenvalue weighted by atomic mass is 9.79. The predicted octanol–water partition coefficient (Wildman–Crippen LogP) is 2.07. The Morgan fingerprint density at radius 1 is 1.21 bits per heavy atom. The number of hydrogen-bond donors (Lipinski definition) is 2. The number of carboxylic acids is 1. The molecule has 2 aliphatic rings. The first-order chi connectivity index (χ1) is 9.13. The molecule has 0 spiro atoms. The van der Waals surface area contributed by atoms with Gasteiger partial charge < -0.3 is 15.3 Å². The van der Waals surface area contributed by atoms with Crippen LogP contribution in [0.3, 0.4) is 0 Å². The topological polar surface area (TPSA) is 69.6 Å². The summed E-state index contributed by atoms with van der Waals surface area (Å²) in [4.78, 5) is 25.1. The summed E-state index contributed by atoms with van der Waals surface area (Å²) in [6.45, 7) is 3.21. The second-order valence-corrected chi connectivity index (χ2v) is 5.69. The molecule has 2 atom stereocenters. The zero-order chi connectivity index (χ0) is 13.8. The van der Waals surface area contributed by atoms with Crippen molar-refractivity contribution in [3.05, 3.63) is 0 Å². The molecule has 0 aromatic heterocycles. The summed E-state index contributed by atoms with van der Waals surface area (Å²) in [6.07, 6.45) is 5.92. The van der Waals surface area contributed by atoms with Gasteiger partial charge in [-0.1, -0.05) is 12.8 Å². The van der Waals surface area contributed by atoms with Crippen LogP contribution in [0.4, 0.5) is 4.79 Å². The van der Waals surface area contributed by atoms with Gasteiger partial charge in [0.1, 0.15) is 0 Å². The van der Waals surface area contributed by atoms with Gasteiger partial charge in [-0.05, 0) is 38.5 Å². The number of urea groups is 1. The van der Waals surface area contributed by atoms with Gasteiger partial charge in [0.15, 0.2) is 0 Å². The highest BCUT2D eigenvalue weighted by atomic mass is 16.4. The Bertz CT molecular complexity index is 342. The van der Waals surface area contributed by atoms with E-state index < -0.39 is 5.97 Å². The van der Waals surface area contributed by atoms with Crippen molar-refractivity contribution in [3.63, 3.8) is 0 Å². The molecule has 5 nitrogen and oxygen atoms in total. The fourth-order valence-electron chi connectivity index (χ4n) is 3.05. The second-order valence-electron chi connectivity index (χ2n) is 5.69. The Kier molecular flexibility index (Phi) is 4.66. The fraction of sp³-hybridized carbons (Fsp3) is 0.857. The van der Waals surface area contributed by atoms with Gasteiger partial charge in [-0.3, -0.25) is 4.79 Å². The maximum absolute atomic E-state index is 12.0. The van der Waals surface area contributed by atoms with E-state index in [1.807, 2.05) is 11.8 Å². The first-order valence-corrected chi connectivity index (χ1v) is 7.40. The van der Waals surface area contributed by atoms with E-state index in [9.17, 15) is 14.7 Å². The molecule has 2 rings (SSSR count). The summed E-state index contributed by atoms with van der Waals surface area (Å²) >= 11 is 0. The molecule has 2 fully saturated rings. The molecule has 0 saturated heterocycles. The van der Waals surface area contributed by atoms with Gasteiger partial charge in [-0.25, -0.2) is 4.79 Å². The second kappa shape index (κ2) is 6.26. The highest BCUT2D eigenvalue weighted by molar-refractivity contribution is 5.75. The maximum Gasteiger partial charge on any atom is 0.317 e. The van der Waals surface area contributed by atoms with Crippen LogP contribution in [0.25, 0.3) is 0 Å². The summed E-state index contributed by atoms with van der Waals surface area (Å²) in [6, 6.07) is 0.381. The molecule has 0 bridgehead atoms. The molecular formula is C14H24N2O3. The van der Waals surface area contributed by atoms with E-state index in [1.54, 1.807) is 0 Å². The number of aliphatic carboxylic acids is 1. The van der Waals surface area contributed by atoms with Gasteiger partial charge in [0.05, 0.1) is 5.92 Å². The number of rotatable bonds is 5. The highest BCUT2D eigenvalue weighted by Gasteiger charge is 2.33. The van der Waals surface area contributed by atoms with Crippen molar-refractivity contribution in [1.82, 2.24) is 10.2 Å². The van der Waals surface area contributed by atoms with Crippen LogP contribution in [0.2, 0.25) is 0 Å². The average molecular weight is 268 g/mol. The lowest BCUT2D eigenvalue weighted by molar-refractivity contribution is -0.144. The molecule has 2 aliphatic carbocycles. The number of carbonyl (C=O) groups excluding carboxylic acids is 1. The van der Waals surface area contributed by atoms with Crippen LogP contribution in [-0.2, 0) is 4.79 Å². The predicted molar refractivity (Wildman–Crippen MR) is 71.9 cm³/mol. The molecular weight excluding hydrogens is 244 g/mol. The minimum atomic E-state index is -0.714. The molecule has 2 saturated carbocycles. The van der Waals surface area contributed by atoms with E-state index in [1.165, 1.54) is 0 Å². The lowest BCUT2D eigenvalue weighted by Gasteiger charge is -2.30. The van der Waals surface area contributed by atoms with Crippen LogP contribution in [0.5, 0.6) is 0 Å². The largest absolute Gasteiger partial charge is 0.481 e. The lowest BCUT2D eigenvalue weighted by Crippen LogP contribution is -2.45. The molecule has 2 amide bonds. The summed E-state index contributed by atoms with van der Waals surface area (Å²) in [5.41, 5.74) is 0. The maximum atomic E-state index is 12.0. The van der Waals surface area contributed by atoms with E-state index in [4.69, 9.17) is 0 Å². The van der Waals surface area contributed by atoms with Crippen molar-refractivity contribution in [2.45, 2.75) is 51.5 Å². The van der Waals surface area contributed by atoms with Crippen LogP contribution in [0.1, 0.15) is 45.4 Å². The van der Waals surface area contributed by atoms with Crippen molar-refractivity contribution >= 4 is 12.0 Å². The zero-order valence-electron chi connectivity index (χ0n) is 11.6. The van der Waals surface area contributed by atoms with Crippen molar-refractivity contribution in [3.8, 4) is 0 Å². The standard InChI is InChI=1S/C14H24N2O3/c1-2-16(11-7-8-11)14(19)15-9-10-5-3-4-6-12(10)13(17)18/h10-12H,2-9H2,1H3,(H,15,19)(H,17,18). The molecule has 2 N–H and O–H groups in total. The highest BCUT2D eigenvalue weighted by Crippen LogP contribution is 2.30. The number of amides is 2. The quantitative estimate of drug-likeness (QED) is 0.802. The van der Waals surface area contributed by atoms with Crippen LogP contribution in [0.15, 0.2) is 0 Å². The smallest absolute Gasteiger partial charge is 0.317 e. The Morgan fingerprint density at radius 2 is 1.89 bits per heavy atom. The van der Waals surface area contributed by atoms with Crippen LogP contribution in [-0.4, -0.2) is 41.1 Å². The van der Waals surface area contributed by atoms with Crippen LogP contribution < -0.4 is 5.32 Å². The Morgan fingerprint density at radius 3 is 2.47 bits per heavy atom. The van der Waals surface area contributed by atoms with E-state index in [0.29, 0.717) is 12.6 Å². The molecule has 5 heteroatoms. The average Bonchev–Trinajstić information content (AvgIpc) is 3.22. The van der Waals surface area contributed by atoms with Crippen molar-refractivity contribution in [1.29, 1.82) is 0 Å². The van der Waals surface area contributed by atoms with E-state index in [2.05, 4.69) is 5.32 Å². The third-order valence-electron chi connectivity index (χ3n) is 4.33. The van der Waals surface area contributed by atoms with Crippen LogP contribution in [0, 0.1) is 11.8 Å². The van der Waals surface area contributed by atoms with E-state index in [0.717, 1.165) is 45.1 Å². The molecule has 2 unspecified atom stereocenters. The number of nitrogens with one attached hydrogen (secondary N) is 1. The normalized spacial score (nSPS) is 26.8. The van der Waals surface area contributed by atoms with Gasteiger partial charge in [0.25, 0.3) is 0 Å². The summed E-state index contributed by atoms with van der Waals surface area (Å²) < 4.78 is 0. The summed E-state index contributed by atoms with van der Waals surface area (Å²) in [5.74, 6) is -0.911. The molecule has 0 heterocycles. The van der Waals surface area contributed by atoms with Gasteiger partial charge >= 0.3 is 12.0 Å². The number of carboxylic acid groups (broad SMARTS) is 1. The Balaban J connectivity index is 1.82. The number of nitrogens with zero attached hydrogens (tertiary/aromatic N) is 1. The summed E-state index contributed by atoms with van der Waals surface area (Å²) in [5, 5.41) is 12.1. The van der Waals surface area contributed by atoms with Gasteiger partial charge in [0.2, 0.25) is 0 Å². The molecule has 0 radical (unpaired) electrons. The molecule has 0 aromatic carbocycles. The van der Waals surface area contributed by atoms with Gasteiger partial charge in [0, 0.05) is 19.1 Å². The summed E-state index contributed by atoms with van der Waals surface area (Å²) in [7, 11) is 0. The minimum absolute atomic E-state index is 0.0280. The van der Waals surface area contributed by atoms with Crippen molar-refractivity contribution < 1.29 is 14.7 Å². The first kappa shape index (κ1) is 14.2. The monoisotopic (exact) mass is 268 g/mol. The molecule has 0 aliphatic heterocycles.